The lowest BCUT2D eigenvalue weighted by Gasteiger charge is -2.23. The number of ether oxygens (including phenoxy) is 1. The van der Waals surface area contributed by atoms with Gasteiger partial charge in [-0.15, -0.1) is 0 Å². The molecule has 1 aliphatic rings. The lowest BCUT2D eigenvalue weighted by atomic mass is 10.1. The molecule has 0 saturated heterocycles. The Morgan fingerprint density at radius 3 is 2.75 bits per heavy atom. The summed E-state index contributed by atoms with van der Waals surface area (Å²) < 4.78 is 6.06. The van der Waals surface area contributed by atoms with E-state index in [4.69, 9.17) is 4.74 Å². The Balaban J connectivity index is 2.18. The molecule has 1 aliphatic carbocycles. The van der Waals surface area contributed by atoms with Crippen LogP contribution in [-0.2, 0) is 4.74 Å². The van der Waals surface area contributed by atoms with Crippen LogP contribution < -0.4 is 5.32 Å². The van der Waals surface area contributed by atoms with Crippen molar-refractivity contribution < 1.29 is 4.74 Å². The summed E-state index contributed by atoms with van der Waals surface area (Å²) in [7, 11) is 0. The van der Waals surface area contributed by atoms with Gasteiger partial charge in [0.25, 0.3) is 0 Å². The van der Waals surface area contributed by atoms with Gasteiger partial charge < -0.3 is 10.1 Å². The normalized spacial score (nSPS) is 27.2. The van der Waals surface area contributed by atoms with Gasteiger partial charge in [0.1, 0.15) is 0 Å². The molecule has 0 aromatic heterocycles. The molecule has 0 heterocycles. The van der Waals surface area contributed by atoms with Crippen LogP contribution in [0.3, 0.4) is 0 Å². The van der Waals surface area contributed by atoms with Crippen LogP contribution >= 0.6 is 0 Å². The summed E-state index contributed by atoms with van der Waals surface area (Å²) in [4.78, 5) is 0. The second-order valence-corrected chi connectivity index (χ2v) is 5.26. The van der Waals surface area contributed by atoms with Crippen molar-refractivity contribution in [3.05, 3.63) is 0 Å². The Hall–Kier alpha value is -0.0800. The number of rotatable bonds is 8. The van der Waals surface area contributed by atoms with Gasteiger partial charge in [-0.2, -0.15) is 0 Å². The summed E-state index contributed by atoms with van der Waals surface area (Å²) in [5.41, 5.74) is 0. The van der Waals surface area contributed by atoms with Crippen molar-refractivity contribution in [1.82, 2.24) is 5.32 Å². The van der Waals surface area contributed by atoms with Gasteiger partial charge in [0.05, 0.1) is 6.10 Å². The van der Waals surface area contributed by atoms with E-state index in [1.165, 1.54) is 38.5 Å². The fraction of sp³-hybridized carbons (Fsp3) is 1.00. The molecule has 2 heteroatoms. The maximum Gasteiger partial charge on any atom is 0.0728 e. The van der Waals surface area contributed by atoms with E-state index in [1.54, 1.807) is 0 Å². The zero-order valence-electron chi connectivity index (χ0n) is 11.3. The van der Waals surface area contributed by atoms with Gasteiger partial charge in [-0.3, -0.25) is 0 Å². The molecule has 0 spiro atoms. The third kappa shape index (κ3) is 4.84. The SMILES string of the molecule is CCCNC1CCCC1OCC(C)CCC. The van der Waals surface area contributed by atoms with Crippen LogP contribution in [0, 0.1) is 5.92 Å². The van der Waals surface area contributed by atoms with Gasteiger partial charge in [-0.1, -0.05) is 27.2 Å². The van der Waals surface area contributed by atoms with Crippen molar-refractivity contribution in [3.8, 4) is 0 Å². The predicted molar refractivity (Wildman–Crippen MR) is 69.7 cm³/mol. The van der Waals surface area contributed by atoms with E-state index in [1.807, 2.05) is 0 Å². The molecule has 16 heavy (non-hydrogen) atoms. The van der Waals surface area contributed by atoms with Gasteiger partial charge >= 0.3 is 0 Å². The quantitative estimate of drug-likeness (QED) is 0.686. The topological polar surface area (TPSA) is 21.3 Å². The van der Waals surface area contributed by atoms with Gasteiger partial charge in [0.2, 0.25) is 0 Å². The van der Waals surface area contributed by atoms with Crippen molar-refractivity contribution in [2.75, 3.05) is 13.2 Å². The molecule has 2 nitrogen and oxygen atoms in total. The Kier molecular flexibility index (Phi) is 7.06. The predicted octanol–water partition coefficient (Wildman–Crippen LogP) is 3.36. The van der Waals surface area contributed by atoms with E-state index < -0.39 is 0 Å². The first-order valence-corrected chi connectivity index (χ1v) is 7.12. The molecule has 1 saturated carbocycles. The standard InChI is InChI=1S/C14H29NO/c1-4-7-12(3)11-16-14-9-6-8-13(14)15-10-5-2/h12-15H,4-11H2,1-3H3. The summed E-state index contributed by atoms with van der Waals surface area (Å²) in [5, 5.41) is 3.61. The lowest BCUT2D eigenvalue weighted by Crippen LogP contribution is -2.38. The zero-order chi connectivity index (χ0) is 11.8. The molecular weight excluding hydrogens is 198 g/mol. The summed E-state index contributed by atoms with van der Waals surface area (Å²) in [6, 6.07) is 0.619. The minimum atomic E-state index is 0.478. The molecule has 1 rings (SSSR count). The minimum Gasteiger partial charge on any atom is -0.376 e. The van der Waals surface area contributed by atoms with E-state index in [2.05, 4.69) is 26.1 Å². The van der Waals surface area contributed by atoms with E-state index >= 15 is 0 Å². The first-order chi connectivity index (χ1) is 7.77. The van der Waals surface area contributed by atoms with Crippen molar-refractivity contribution in [2.24, 2.45) is 5.92 Å². The highest BCUT2D eigenvalue weighted by Gasteiger charge is 2.27. The van der Waals surface area contributed by atoms with Crippen LogP contribution in [0.5, 0.6) is 0 Å². The van der Waals surface area contributed by atoms with Crippen LogP contribution in [0.1, 0.15) is 59.3 Å². The highest BCUT2D eigenvalue weighted by molar-refractivity contribution is 4.84. The first-order valence-electron chi connectivity index (χ1n) is 7.12. The highest BCUT2D eigenvalue weighted by atomic mass is 16.5. The minimum absolute atomic E-state index is 0.478. The maximum absolute atomic E-state index is 6.06. The lowest BCUT2D eigenvalue weighted by molar-refractivity contribution is 0.0195. The van der Waals surface area contributed by atoms with Crippen molar-refractivity contribution in [1.29, 1.82) is 0 Å². The third-order valence-electron chi connectivity index (χ3n) is 3.49. The average molecular weight is 227 g/mol. The zero-order valence-corrected chi connectivity index (χ0v) is 11.3. The summed E-state index contributed by atoms with van der Waals surface area (Å²) in [6.45, 7) is 8.85. The smallest absolute Gasteiger partial charge is 0.0728 e. The highest BCUT2D eigenvalue weighted by Crippen LogP contribution is 2.23. The number of hydrogen-bond acceptors (Lipinski definition) is 2. The molecule has 0 radical (unpaired) electrons. The van der Waals surface area contributed by atoms with Gasteiger partial charge in [0, 0.05) is 12.6 Å². The van der Waals surface area contributed by atoms with E-state index in [9.17, 15) is 0 Å². The van der Waals surface area contributed by atoms with Gasteiger partial charge in [-0.25, -0.2) is 0 Å². The Morgan fingerprint density at radius 2 is 2.06 bits per heavy atom. The molecule has 3 atom stereocenters. The molecular formula is C14H29NO. The van der Waals surface area contributed by atoms with E-state index in [-0.39, 0.29) is 0 Å². The largest absolute Gasteiger partial charge is 0.376 e. The monoisotopic (exact) mass is 227 g/mol. The van der Waals surface area contributed by atoms with Crippen molar-refractivity contribution >= 4 is 0 Å². The first kappa shape index (κ1) is 14.0. The molecule has 0 bridgehead atoms. The Labute approximate surface area is 101 Å². The Morgan fingerprint density at radius 1 is 1.25 bits per heavy atom. The van der Waals surface area contributed by atoms with E-state index in [0.717, 1.165) is 19.1 Å². The molecule has 1 fully saturated rings. The number of nitrogens with one attached hydrogen (secondary N) is 1. The molecule has 3 unspecified atom stereocenters. The van der Waals surface area contributed by atoms with Crippen LogP contribution in [0.4, 0.5) is 0 Å². The van der Waals surface area contributed by atoms with Gasteiger partial charge in [0.15, 0.2) is 0 Å². The molecule has 0 aliphatic heterocycles. The second kappa shape index (κ2) is 8.08. The maximum atomic E-state index is 6.06. The summed E-state index contributed by atoms with van der Waals surface area (Å²) >= 11 is 0. The fourth-order valence-corrected chi connectivity index (χ4v) is 2.55. The third-order valence-corrected chi connectivity index (χ3v) is 3.49. The Bertz CT molecular complexity index is 172. The van der Waals surface area contributed by atoms with Crippen LogP contribution in [0.15, 0.2) is 0 Å². The van der Waals surface area contributed by atoms with E-state index in [0.29, 0.717) is 12.1 Å². The molecule has 0 amide bonds. The second-order valence-electron chi connectivity index (χ2n) is 5.26. The van der Waals surface area contributed by atoms with Crippen LogP contribution in [0.25, 0.3) is 0 Å². The number of hydrogen-bond donors (Lipinski definition) is 1. The summed E-state index contributed by atoms with van der Waals surface area (Å²) in [6.07, 6.45) is 8.13. The van der Waals surface area contributed by atoms with Gasteiger partial charge in [-0.05, 0) is 44.6 Å². The molecule has 0 aromatic rings. The fourth-order valence-electron chi connectivity index (χ4n) is 2.55. The molecule has 96 valence electrons. The van der Waals surface area contributed by atoms with Crippen LogP contribution in [-0.4, -0.2) is 25.3 Å². The van der Waals surface area contributed by atoms with Crippen molar-refractivity contribution in [3.63, 3.8) is 0 Å². The molecule has 0 aromatic carbocycles. The van der Waals surface area contributed by atoms with Crippen molar-refractivity contribution in [2.45, 2.75) is 71.4 Å². The molecule has 1 N–H and O–H groups in total. The van der Waals surface area contributed by atoms with Crippen LogP contribution in [0.2, 0.25) is 0 Å². The summed E-state index contributed by atoms with van der Waals surface area (Å²) in [5.74, 6) is 0.720. The average Bonchev–Trinajstić information content (AvgIpc) is 2.71.